The minimum atomic E-state index is -0.894. The second kappa shape index (κ2) is 13.8. The number of fused-ring (bicyclic) bond motifs is 4. The fourth-order valence-corrected chi connectivity index (χ4v) is 9.49. The Morgan fingerprint density at radius 3 is 2.48 bits per heavy atom. The molecule has 9 rings (SSSR count). The maximum atomic E-state index is 13.7. The molecule has 1 saturated heterocycles. The summed E-state index contributed by atoms with van der Waals surface area (Å²) >= 11 is 0. The van der Waals surface area contributed by atoms with Crippen LogP contribution in [0.2, 0.25) is 0 Å². The van der Waals surface area contributed by atoms with Gasteiger partial charge < -0.3 is 32.7 Å². The number of Topliss-reactive ketones (excluding diaryl/α,β-unsaturated/α-hetero) is 2. The zero-order chi connectivity index (χ0) is 37.8. The van der Waals surface area contributed by atoms with Gasteiger partial charge in [-0.25, -0.2) is 4.79 Å². The molecular formula is C42H41NO11. The lowest BCUT2D eigenvalue weighted by Gasteiger charge is -2.52. The van der Waals surface area contributed by atoms with E-state index in [1.165, 1.54) is 13.4 Å². The topological polar surface area (TPSA) is 152 Å². The van der Waals surface area contributed by atoms with E-state index in [2.05, 4.69) is 4.90 Å². The molecule has 12 nitrogen and oxygen atoms in total. The summed E-state index contributed by atoms with van der Waals surface area (Å²) in [5.41, 5.74) is 3.09. The number of ether oxygens (including phenoxy) is 4. The van der Waals surface area contributed by atoms with Crippen molar-refractivity contribution in [2.75, 3.05) is 51.5 Å². The molecule has 2 aromatic carbocycles. The Morgan fingerprint density at radius 1 is 0.963 bits per heavy atom. The van der Waals surface area contributed by atoms with Crippen LogP contribution in [0, 0.1) is 17.3 Å². The molecule has 54 heavy (non-hydrogen) atoms. The van der Waals surface area contributed by atoms with Gasteiger partial charge in [-0.05, 0) is 37.0 Å². The summed E-state index contributed by atoms with van der Waals surface area (Å²) in [6.45, 7) is 7.15. The Balaban J connectivity index is 0.000000160. The van der Waals surface area contributed by atoms with E-state index in [0.717, 1.165) is 29.8 Å². The molecule has 0 N–H and O–H groups in total. The second-order valence-electron chi connectivity index (χ2n) is 14.9. The highest BCUT2D eigenvalue weighted by Gasteiger charge is 2.63. The highest BCUT2D eigenvalue weighted by atomic mass is 16.6. The van der Waals surface area contributed by atoms with E-state index in [1.807, 2.05) is 62.4 Å². The van der Waals surface area contributed by atoms with Gasteiger partial charge in [0.15, 0.2) is 17.1 Å². The van der Waals surface area contributed by atoms with E-state index in [-0.39, 0.29) is 53.4 Å². The number of para-hydroxylation sites is 1. The van der Waals surface area contributed by atoms with Gasteiger partial charge in [-0.2, -0.15) is 0 Å². The summed E-state index contributed by atoms with van der Waals surface area (Å²) in [6.07, 6.45) is 2.03. The summed E-state index contributed by atoms with van der Waals surface area (Å²) in [7, 11) is 1.52. The van der Waals surface area contributed by atoms with Crippen LogP contribution in [0.25, 0.3) is 22.1 Å². The number of cyclic esters (lactones) is 1. The molecule has 4 heterocycles. The van der Waals surface area contributed by atoms with Crippen LogP contribution in [-0.2, 0) is 34.0 Å². The van der Waals surface area contributed by atoms with Gasteiger partial charge in [0.2, 0.25) is 5.78 Å². The number of ketones is 2. The zero-order valence-corrected chi connectivity index (χ0v) is 30.4. The van der Waals surface area contributed by atoms with Gasteiger partial charge in [-0.15, -0.1) is 0 Å². The first-order valence-electron chi connectivity index (χ1n) is 18.3. The lowest BCUT2D eigenvalue weighted by Crippen LogP contribution is -2.56. The molecule has 0 spiro atoms. The Bertz CT molecular complexity index is 2250. The molecular weight excluding hydrogens is 694 g/mol. The highest BCUT2D eigenvalue weighted by molar-refractivity contribution is 6.14. The lowest BCUT2D eigenvalue weighted by atomic mass is 9.52. The van der Waals surface area contributed by atoms with Gasteiger partial charge in [-0.1, -0.05) is 49.4 Å². The maximum Gasteiger partial charge on any atom is 0.342 e. The van der Waals surface area contributed by atoms with Crippen molar-refractivity contribution in [3.05, 3.63) is 99.1 Å². The number of nitrogens with zero attached hydrogens (tertiary/aromatic N) is 1. The normalized spacial score (nSPS) is 27.1. The van der Waals surface area contributed by atoms with Crippen molar-refractivity contribution in [2.45, 2.75) is 44.6 Å². The lowest BCUT2D eigenvalue weighted by molar-refractivity contribution is -0.131. The molecule has 5 aliphatic rings. The van der Waals surface area contributed by atoms with Crippen molar-refractivity contribution in [2.24, 2.45) is 17.3 Å². The number of benzene rings is 2. The van der Waals surface area contributed by atoms with Gasteiger partial charge in [0.1, 0.15) is 29.3 Å². The quantitative estimate of drug-likeness (QED) is 0.169. The standard InChI is InChI=1S/C23H24O8.C19H17NO3/c1-22-6-11(7-29-10-24)17-16(13(22)4-5-14(22)25)19(26)20-18-12(8-30-20)21(27)31-15(9-28-3)23(17,18)2;21-17-13-18(20-9-11-22-12-10-20)23-19-15(7-4-8-16(17)19)14-5-2-1-3-6-14/h8,10-11,13,15H,4-7,9H2,1-3H3;1-8,13H,9-12H2/t11-,13?,15?,22-,23+;/m0./s1. The average Bonchev–Trinajstić information content (AvgIpc) is 3.78. The minimum Gasteiger partial charge on any atom is -0.467 e. The van der Waals surface area contributed by atoms with E-state index in [1.54, 1.807) is 6.07 Å². The molecule has 0 radical (unpaired) electrons. The summed E-state index contributed by atoms with van der Waals surface area (Å²) in [6, 6.07) is 17.3. The third kappa shape index (κ3) is 5.53. The molecule has 2 unspecified atom stereocenters. The Hall–Kier alpha value is -5.33. The molecule has 12 heteroatoms. The molecule has 0 amide bonds. The molecule has 4 aromatic rings. The van der Waals surface area contributed by atoms with Gasteiger partial charge in [0.25, 0.3) is 6.47 Å². The number of hydrogen-bond acceptors (Lipinski definition) is 12. The van der Waals surface area contributed by atoms with Gasteiger partial charge in [0.05, 0.1) is 37.2 Å². The van der Waals surface area contributed by atoms with Crippen LogP contribution in [0.3, 0.4) is 0 Å². The third-order valence-corrected chi connectivity index (χ3v) is 12.1. The minimum absolute atomic E-state index is 0.00878. The summed E-state index contributed by atoms with van der Waals surface area (Å²) in [5, 5.41) is 0.614. The number of furan rings is 1. The summed E-state index contributed by atoms with van der Waals surface area (Å²) in [4.78, 5) is 64.8. The van der Waals surface area contributed by atoms with Crippen LogP contribution in [0.5, 0.6) is 0 Å². The smallest absolute Gasteiger partial charge is 0.342 e. The monoisotopic (exact) mass is 735 g/mol. The first-order chi connectivity index (χ1) is 26.1. The number of rotatable bonds is 7. The largest absolute Gasteiger partial charge is 0.467 e. The number of carbonyl (C=O) groups is 4. The van der Waals surface area contributed by atoms with Crippen molar-refractivity contribution in [1.29, 1.82) is 0 Å². The van der Waals surface area contributed by atoms with Crippen molar-refractivity contribution in [1.82, 2.24) is 0 Å². The first kappa shape index (κ1) is 35.7. The van der Waals surface area contributed by atoms with Gasteiger partial charge >= 0.3 is 5.97 Å². The SMILES string of the molecule is COCC1OC(=O)c2coc3c2[C@@]1(C)C1=C(C3=O)C2CCC(=O)[C@@]2(C)C[C@H]1COC=O.O=c1cc(N2CCOCC2)oc2c(-c3ccccc3)cccc12. The van der Waals surface area contributed by atoms with Gasteiger partial charge in [0, 0.05) is 66.6 Å². The number of methoxy groups -OCH3 is 1. The molecule has 2 fully saturated rings. The van der Waals surface area contributed by atoms with Crippen LogP contribution in [0.4, 0.5) is 5.88 Å². The number of anilines is 1. The van der Waals surface area contributed by atoms with Crippen LogP contribution >= 0.6 is 0 Å². The van der Waals surface area contributed by atoms with E-state index in [4.69, 9.17) is 27.8 Å². The third-order valence-electron chi connectivity index (χ3n) is 12.1. The molecule has 3 aliphatic carbocycles. The zero-order valence-electron chi connectivity index (χ0n) is 30.4. The van der Waals surface area contributed by atoms with E-state index < -0.39 is 22.9 Å². The Morgan fingerprint density at radius 2 is 1.74 bits per heavy atom. The number of morpholine rings is 1. The number of hydrogen-bond donors (Lipinski definition) is 0. The predicted molar refractivity (Wildman–Crippen MR) is 195 cm³/mol. The number of esters is 1. The summed E-state index contributed by atoms with van der Waals surface area (Å²) < 4.78 is 33.4. The predicted octanol–water partition coefficient (Wildman–Crippen LogP) is 5.69. The molecule has 0 bridgehead atoms. The van der Waals surface area contributed by atoms with Crippen molar-refractivity contribution >= 4 is 40.9 Å². The van der Waals surface area contributed by atoms with Crippen molar-refractivity contribution in [3.63, 3.8) is 0 Å². The van der Waals surface area contributed by atoms with Crippen molar-refractivity contribution < 1.29 is 47.0 Å². The first-order valence-corrected chi connectivity index (χ1v) is 18.3. The van der Waals surface area contributed by atoms with Crippen molar-refractivity contribution in [3.8, 4) is 11.1 Å². The van der Waals surface area contributed by atoms with E-state index in [0.29, 0.717) is 66.9 Å². The van der Waals surface area contributed by atoms with Crippen LogP contribution in [0.1, 0.15) is 59.6 Å². The highest BCUT2D eigenvalue weighted by Crippen LogP contribution is 2.62. The number of allylic oxidation sites excluding steroid dienone is 1. The van der Waals surface area contributed by atoms with Gasteiger partial charge in [-0.3, -0.25) is 19.2 Å². The van der Waals surface area contributed by atoms with E-state index in [9.17, 15) is 24.0 Å². The summed E-state index contributed by atoms with van der Waals surface area (Å²) in [5.74, 6) is -0.603. The fourth-order valence-electron chi connectivity index (χ4n) is 9.49. The molecule has 2 aromatic heterocycles. The molecule has 280 valence electrons. The molecule has 5 atom stereocenters. The number of carbonyl (C=O) groups excluding carboxylic acids is 4. The second-order valence-corrected chi connectivity index (χ2v) is 14.9. The van der Waals surface area contributed by atoms with Crippen LogP contribution < -0.4 is 10.3 Å². The fraction of sp³-hybridized carbons (Fsp3) is 0.405. The maximum absolute atomic E-state index is 13.7. The Kier molecular flexibility index (Phi) is 9.13. The Labute approximate surface area is 311 Å². The molecule has 2 aliphatic heterocycles. The average molecular weight is 736 g/mol. The van der Waals surface area contributed by atoms with Crippen LogP contribution in [-0.4, -0.2) is 76.7 Å². The van der Waals surface area contributed by atoms with Crippen LogP contribution in [0.15, 0.2) is 85.6 Å². The molecule has 1 saturated carbocycles. The van der Waals surface area contributed by atoms with E-state index >= 15 is 0 Å².